The molecule has 0 saturated carbocycles. The fourth-order valence-corrected chi connectivity index (χ4v) is 3.99. The second-order valence-electron chi connectivity index (χ2n) is 6.30. The third kappa shape index (κ3) is 1.68. The molecule has 2 aromatic heterocycles. The van der Waals surface area contributed by atoms with Gasteiger partial charge < -0.3 is 15.2 Å². The van der Waals surface area contributed by atoms with E-state index in [1.165, 1.54) is 0 Å². The summed E-state index contributed by atoms with van der Waals surface area (Å²) in [5.74, 6) is 0.0698. The highest BCUT2D eigenvalue weighted by atomic mass is 16.3. The van der Waals surface area contributed by atoms with Crippen LogP contribution in [0.3, 0.4) is 0 Å². The van der Waals surface area contributed by atoms with Crippen molar-refractivity contribution in [2.24, 2.45) is 0 Å². The number of para-hydroxylation sites is 1. The molecule has 5 rings (SSSR count). The van der Waals surface area contributed by atoms with Crippen molar-refractivity contribution >= 4 is 10.9 Å². The van der Waals surface area contributed by atoms with Gasteiger partial charge in [0.05, 0.1) is 5.56 Å². The monoisotopic (exact) mass is 316 g/mol. The van der Waals surface area contributed by atoms with Crippen molar-refractivity contribution in [2.45, 2.75) is 12.3 Å². The van der Waals surface area contributed by atoms with Gasteiger partial charge in [0.1, 0.15) is 0 Å². The van der Waals surface area contributed by atoms with Crippen molar-refractivity contribution in [3.05, 3.63) is 71.4 Å². The van der Waals surface area contributed by atoms with Gasteiger partial charge in [-0.05, 0) is 18.1 Å². The third-order valence-corrected chi connectivity index (χ3v) is 4.99. The van der Waals surface area contributed by atoms with E-state index < -0.39 is 0 Å². The van der Waals surface area contributed by atoms with Crippen LogP contribution in [0.25, 0.3) is 22.0 Å². The summed E-state index contributed by atoms with van der Waals surface area (Å²) in [6, 6.07) is 18.2. The molecule has 0 fully saturated rings. The molecule has 1 aliphatic carbocycles. The normalized spacial score (nSPS) is 16.1. The van der Waals surface area contributed by atoms with Gasteiger partial charge in [0.2, 0.25) is 0 Å². The maximum Gasteiger partial charge on any atom is 0.199 e. The molecule has 2 heterocycles. The lowest BCUT2D eigenvalue weighted by molar-refractivity contribution is 0.423. The van der Waals surface area contributed by atoms with E-state index in [-0.39, 0.29) is 17.7 Å². The Kier molecular flexibility index (Phi) is 2.59. The predicted molar refractivity (Wildman–Crippen MR) is 93.4 cm³/mol. The van der Waals surface area contributed by atoms with Gasteiger partial charge in [-0.25, -0.2) is 0 Å². The Morgan fingerprint density at radius 2 is 1.54 bits per heavy atom. The van der Waals surface area contributed by atoms with E-state index in [0.717, 1.165) is 39.7 Å². The lowest BCUT2D eigenvalue weighted by atomic mass is 9.79. The minimum absolute atomic E-state index is 0.00101. The highest BCUT2D eigenvalue weighted by Crippen LogP contribution is 2.52. The number of nitrogens with one attached hydrogen (secondary N) is 2. The average Bonchev–Trinajstić information content (AvgIpc) is 3.12. The SMILES string of the molecule is Oc1[nH]c(O)c2c1-c1c([nH]c3ccccc13)CC2c1ccccc1. The number of fused-ring (bicyclic) bond motifs is 5. The molecule has 0 saturated heterocycles. The lowest BCUT2D eigenvalue weighted by Crippen LogP contribution is -2.11. The molecule has 2 aromatic carbocycles. The van der Waals surface area contributed by atoms with Gasteiger partial charge in [-0.3, -0.25) is 4.98 Å². The number of aromatic amines is 2. The Hall–Kier alpha value is -3.14. The van der Waals surface area contributed by atoms with Crippen LogP contribution in [0.5, 0.6) is 11.8 Å². The molecule has 4 aromatic rings. The van der Waals surface area contributed by atoms with Crippen LogP contribution in [0.4, 0.5) is 0 Å². The molecule has 0 radical (unpaired) electrons. The van der Waals surface area contributed by atoms with E-state index >= 15 is 0 Å². The van der Waals surface area contributed by atoms with Crippen molar-refractivity contribution in [1.82, 2.24) is 9.97 Å². The van der Waals surface area contributed by atoms with E-state index in [4.69, 9.17) is 0 Å². The Morgan fingerprint density at radius 3 is 2.38 bits per heavy atom. The van der Waals surface area contributed by atoms with Crippen LogP contribution in [0.1, 0.15) is 22.7 Å². The molecule has 0 aliphatic heterocycles. The summed E-state index contributed by atoms with van der Waals surface area (Å²) in [5, 5.41) is 21.9. The standard InChI is InChI=1S/C20H16N2O2/c23-19-17-13(11-6-2-1-3-7-11)10-15-16(18(17)20(24)22-19)12-8-4-5-9-14(12)21-15/h1-9,13,21-24H,10H2. The van der Waals surface area contributed by atoms with E-state index in [1.807, 2.05) is 42.5 Å². The minimum atomic E-state index is -0.00101. The summed E-state index contributed by atoms with van der Waals surface area (Å²) in [4.78, 5) is 6.20. The van der Waals surface area contributed by atoms with Crippen molar-refractivity contribution < 1.29 is 10.2 Å². The van der Waals surface area contributed by atoms with Crippen LogP contribution in [0, 0.1) is 0 Å². The zero-order chi connectivity index (χ0) is 16.3. The fourth-order valence-electron chi connectivity index (χ4n) is 3.99. The predicted octanol–water partition coefficient (Wildman–Crippen LogP) is 4.26. The number of H-pyrrole nitrogens is 2. The lowest BCUT2D eigenvalue weighted by Gasteiger charge is -2.23. The second kappa shape index (κ2) is 4.68. The Labute approximate surface area is 138 Å². The van der Waals surface area contributed by atoms with Gasteiger partial charge in [-0.15, -0.1) is 0 Å². The van der Waals surface area contributed by atoms with Crippen LogP contribution in [-0.4, -0.2) is 20.2 Å². The van der Waals surface area contributed by atoms with Gasteiger partial charge in [-0.1, -0.05) is 48.5 Å². The zero-order valence-corrected chi connectivity index (χ0v) is 12.9. The molecule has 4 nitrogen and oxygen atoms in total. The van der Waals surface area contributed by atoms with E-state index in [9.17, 15) is 10.2 Å². The van der Waals surface area contributed by atoms with Gasteiger partial charge >= 0.3 is 0 Å². The molecule has 4 heteroatoms. The maximum absolute atomic E-state index is 10.4. The summed E-state index contributed by atoms with van der Waals surface area (Å²) in [5.41, 5.74) is 5.73. The topological polar surface area (TPSA) is 72.0 Å². The summed E-state index contributed by atoms with van der Waals surface area (Å²) in [6.07, 6.45) is 0.756. The largest absolute Gasteiger partial charge is 0.494 e. The minimum Gasteiger partial charge on any atom is -0.494 e. The summed E-state index contributed by atoms with van der Waals surface area (Å²) in [6.45, 7) is 0. The molecule has 0 spiro atoms. The molecular weight excluding hydrogens is 300 g/mol. The van der Waals surface area contributed by atoms with Crippen LogP contribution in [0.15, 0.2) is 54.6 Å². The molecule has 0 amide bonds. The Balaban J connectivity index is 1.84. The Bertz CT molecular complexity index is 1060. The number of aromatic nitrogens is 2. The summed E-state index contributed by atoms with van der Waals surface area (Å²) < 4.78 is 0. The first-order valence-electron chi connectivity index (χ1n) is 8.02. The second-order valence-corrected chi connectivity index (χ2v) is 6.30. The van der Waals surface area contributed by atoms with Gasteiger partial charge in [0.15, 0.2) is 11.8 Å². The first kappa shape index (κ1) is 13.3. The molecule has 118 valence electrons. The van der Waals surface area contributed by atoms with Crippen molar-refractivity contribution in [3.63, 3.8) is 0 Å². The smallest absolute Gasteiger partial charge is 0.199 e. The van der Waals surface area contributed by atoms with Crippen LogP contribution < -0.4 is 0 Å². The van der Waals surface area contributed by atoms with Crippen LogP contribution in [-0.2, 0) is 6.42 Å². The zero-order valence-electron chi connectivity index (χ0n) is 12.9. The molecular formula is C20H16N2O2. The van der Waals surface area contributed by atoms with Crippen molar-refractivity contribution in [1.29, 1.82) is 0 Å². The number of hydrogen-bond acceptors (Lipinski definition) is 2. The molecule has 0 bridgehead atoms. The highest BCUT2D eigenvalue weighted by molar-refractivity contribution is 6.01. The Morgan fingerprint density at radius 1 is 0.792 bits per heavy atom. The van der Waals surface area contributed by atoms with Gasteiger partial charge in [-0.2, -0.15) is 0 Å². The van der Waals surface area contributed by atoms with Crippen LogP contribution in [0.2, 0.25) is 0 Å². The summed E-state index contributed by atoms with van der Waals surface area (Å²) >= 11 is 0. The van der Waals surface area contributed by atoms with Gasteiger partial charge in [0.25, 0.3) is 0 Å². The molecule has 24 heavy (non-hydrogen) atoms. The van der Waals surface area contributed by atoms with E-state index in [0.29, 0.717) is 5.56 Å². The summed E-state index contributed by atoms with van der Waals surface area (Å²) in [7, 11) is 0. The number of hydrogen-bond donors (Lipinski definition) is 4. The first-order chi connectivity index (χ1) is 11.7. The van der Waals surface area contributed by atoms with E-state index in [2.05, 4.69) is 22.1 Å². The number of aromatic hydroxyl groups is 2. The molecule has 1 unspecified atom stereocenters. The number of rotatable bonds is 1. The van der Waals surface area contributed by atoms with Crippen LogP contribution >= 0.6 is 0 Å². The van der Waals surface area contributed by atoms with Crippen molar-refractivity contribution in [3.8, 4) is 22.9 Å². The fraction of sp³-hybridized carbons (Fsp3) is 0.100. The van der Waals surface area contributed by atoms with Crippen molar-refractivity contribution in [2.75, 3.05) is 0 Å². The maximum atomic E-state index is 10.4. The molecule has 1 aliphatic rings. The molecule has 1 atom stereocenters. The van der Waals surface area contributed by atoms with E-state index in [1.54, 1.807) is 0 Å². The van der Waals surface area contributed by atoms with Gasteiger partial charge in [0, 0.05) is 33.6 Å². The first-order valence-corrected chi connectivity index (χ1v) is 8.02. The molecule has 4 N–H and O–H groups in total. The number of benzene rings is 2. The highest BCUT2D eigenvalue weighted by Gasteiger charge is 2.35. The average molecular weight is 316 g/mol. The quantitative estimate of drug-likeness (QED) is 0.423. The third-order valence-electron chi connectivity index (χ3n) is 4.99.